The molecule has 0 fully saturated rings. The molecule has 0 aliphatic carbocycles. The number of aromatic nitrogens is 2. The molecule has 16 heavy (non-hydrogen) atoms. The molecular weight excluding hydrogens is 315 g/mol. The number of aldehydes is 1. The highest BCUT2D eigenvalue weighted by Gasteiger charge is 2.08. The van der Waals surface area contributed by atoms with Gasteiger partial charge in [-0.2, -0.15) is 5.10 Å². The molecule has 0 atom stereocenters. The van der Waals surface area contributed by atoms with Gasteiger partial charge < -0.3 is 0 Å². The maximum absolute atomic E-state index is 10.9. The zero-order valence-electron chi connectivity index (χ0n) is 8.90. The highest BCUT2D eigenvalue weighted by Crippen LogP contribution is 2.17. The number of unbranched alkanes of at least 4 members (excludes halogenated alkanes) is 1. The standard InChI is InChI=1S/C12H13IN2O/c13-7-3-4-8-15-12-6-2-1-5-10(12)11(9-16)14-15/h1-2,5-6,9H,3-4,7-8H2. The summed E-state index contributed by atoms with van der Waals surface area (Å²) in [7, 11) is 0. The molecule has 0 aliphatic heterocycles. The molecule has 84 valence electrons. The minimum absolute atomic E-state index is 0.546. The predicted octanol–water partition coefficient (Wildman–Crippen LogP) is 3.06. The second kappa shape index (κ2) is 5.43. The fourth-order valence-corrected chi connectivity index (χ4v) is 2.31. The molecule has 0 saturated carbocycles. The van der Waals surface area contributed by atoms with Gasteiger partial charge in [0.05, 0.1) is 5.52 Å². The molecule has 0 N–H and O–H groups in total. The maximum Gasteiger partial charge on any atom is 0.170 e. The summed E-state index contributed by atoms with van der Waals surface area (Å²) in [5.41, 5.74) is 1.60. The molecule has 1 heterocycles. The SMILES string of the molecule is O=Cc1nn(CCCCI)c2ccccc12. The summed E-state index contributed by atoms with van der Waals surface area (Å²) in [5.74, 6) is 0. The molecule has 0 unspecified atom stereocenters. The van der Waals surface area contributed by atoms with Gasteiger partial charge in [0.1, 0.15) is 5.69 Å². The van der Waals surface area contributed by atoms with E-state index in [9.17, 15) is 4.79 Å². The third kappa shape index (κ3) is 2.26. The average molecular weight is 328 g/mol. The molecule has 0 saturated heterocycles. The number of hydrogen-bond donors (Lipinski definition) is 0. The molecule has 3 nitrogen and oxygen atoms in total. The van der Waals surface area contributed by atoms with Crippen molar-refractivity contribution in [2.75, 3.05) is 4.43 Å². The number of nitrogens with zero attached hydrogens (tertiary/aromatic N) is 2. The third-order valence-corrected chi connectivity index (χ3v) is 3.31. The van der Waals surface area contributed by atoms with Gasteiger partial charge in [-0.05, 0) is 23.3 Å². The molecular formula is C12H13IN2O. The van der Waals surface area contributed by atoms with E-state index in [2.05, 4.69) is 27.7 Å². The van der Waals surface area contributed by atoms with E-state index in [4.69, 9.17) is 0 Å². The molecule has 0 spiro atoms. The molecule has 0 amide bonds. The Morgan fingerprint density at radius 1 is 1.31 bits per heavy atom. The molecule has 0 radical (unpaired) electrons. The van der Waals surface area contributed by atoms with Gasteiger partial charge in [-0.1, -0.05) is 40.8 Å². The van der Waals surface area contributed by atoms with Crippen LogP contribution >= 0.6 is 22.6 Å². The van der Waals surface area contributed by atoms with Gasteiger partial charge in [0.25, 0.3) is 0 Å². The quantitative estimate of drug-likeness (QED) is 0.366. The number of carbonyl (C=O) groups is 1. The number of hydrogen-bond acceptors (Lipinski definition) is 2. The van der Waals surface area contributed by atoms with Crippen LogP contribution < -0.4 is 0 Å². The number of fused-ring (bicyclic) bond motifs is 1. The summed E-state index contributed by atoms with van der Waals surface area (Å²) in [6.07, 6.45) is 3.12. The summed E-state index contributed by atoms with van der Waals surface area (Å²) >= 11 is 2.37. The lowest BCUT2D eigenvalue weighted by atomic mass is 10.2. The number of benzene rings is 1. The van der Waals surface area contributed by atoms with E-state index in [1.165, 1.54) is 6.42 Å². The Labute approximate surface area is 108 Å². The molecule has 4 heteroatoms. The van der Waals surface area contributed by atoms with Gasteiger partial charge in [0.2, 0.25) is 0 Å². The normalized spacial score (nSPS) is 10.8. The van der Waals surface area contributed by atoms with Crippen LogP contribution in [0.2, 0.25) is 0 Å². The first kappa shape index (κ1) is 11.6. The van der Waals surface area contributed by atoms with Gasteiger partial charge in [-0.25, -0.2) is 0 Å². The Balaban J connectivity index is 2.33. The zero-order valence-corrected chi connectivity index (χ0v) is 11.1. The van der Waals surface area contributed by atoms with Crippen molar-refractivity contribution in [1.29, 1.82) is 0 Å². The van der Waals surface area contributed by atoms with Crippen LogP contribution in [-0.4, -0.2) is 20.5 Å². The maximum atomic E-state index is 10.9. The van der Waals surface area contributed by atoms with E-state index in [-0.39, 0.29) is 0 Å². The van der Waals surface area contributed by atoms with Gasteiger partial charge in [0, 0.05) is 11.9 Å². The number of aryl methyl sites for hydroxylation is 1. The minimum Gasteiger partial charge on any atom is -0.296 e. The number of para-hydroxylation sites is 1. The van der Waals surface area contributed by atoms with Crippen molar-refractivity contribution < 1.29 is 4.79 Å². The molecule has 2 aromatic rings. The van der Waals surface area contributed by atoms with Crippen molar-refractivity contribution in [1.82, 2.24) is 9.78 Å². The van der Waals surface area contributed by atoms with Gasteiger partial charge >= 0.3 is 0 Å². The number of rotatable bonds is 5. The lowest BCUT2D eigenvalue weighted by molar-refractivity contribution is 0.111. The Bertz CT molecular complexity index is 493. The van der Waals surface area contributed by atoms with E-state index in [0.717, 1.165) is 34.6 Å². The summed E-state index contributed by atoms with van der Waals surface area (Å²) in [4.78, 5) is 10.9. The first-order valence-corrected chi connectivity index (χ1v) is 6.86. The van der Waals surface area contributed by atoms with E-state index in [1.54, 1.807) is 0 Å². The molecule has 2 rings (SSSR count). The fraction of sp³-hybridized carbons (Fsp3) is 0.333. The van der Waals surface area contributed by atoms with Crippen molar-refractivity contribution in [3.63, 3.8) is 0 Å². The molecule has 0 aliphatic rings. The zero-order chi connectivity index (χ0) is 11.4. The summed E-state index contributed by atoms with van der Waals surface area (Å²) in [6.45, 7) is 0.886. The average Bonchev–Trinajstić information content (AvgIpc) is 2.68. The van der Waals surface area contributed by atoms with Gasteiger partial charge in [-0.3, -0.25) is 9.48 Å². The number of halogens is 1. The summed E-state index contributed by atoms with van der Waals surface area (Å²) < 4.78 is 3.10. The number of alkyl halides is 1. The van der Waals surface area contributed by atoms with Gasteiger partial charge in [0.15, 0.2) is 6.29 Å². The largest absolute Gasteiger partial charge is 0.296 e. The fourth-order valence-electron chi connectivity index (χ4n) is 1.77. The first-order chi connectivity index (χ1) is 7.86. The highest BCUT2D eigenvalue weighted by atomic mass is 127. The van der Waals surface area contributed by atoms with E-state index in [0.29, 0.717) is 5.69 Å². The van der Waals surface area contributed by atoms with Crippen LogP contribution in [0.4, 0.5) is 0 Å². The van der Waals surface area contributed by atoms with Gasteiger partial charge in [-0.15, -0.1) is 0 Å². The van der Waals surface area contributed by atoms with Crippen LogP contribution in [0.25, 0.3) is 10.9 Å². The van der Waals surface area contributed by atoms with Crippen molar-refractivity contribution in [3.8, 4) is 0 Å². The van der Waals surface area contributed by atoms with Crippen LogP contribution in [0.5, 0.6) is 0 Å². The van der Waals surface area contributed by atoms with Crippen LogP contribution in [0.3, 0.4) is 0 Å². The molecule has 1 aromatic heterocycles. The van der Waals surface area contributed by atoms with Crippen LogP contribution in [-0.2, 0) is 6.54 Å². The van der Waals surface area contributed by atoms with Crippen molar-refractivity contribution in [3.05, 3.63) is 30.0 Å². The predicted molar refractivity (Wildman–Crippen MR) is 73.2 cm³/mol. The first-order valence-electron chi connectivity index (χ1n) is 5.33. The van der Waals surface area contributed by atoms with E-state index in [1.807, 2.05) is 28.9 Å². The second-order valence-corrected chi connectivity index (χ2v) is 4.72. The molecule has 0 bridgehead atoms. The van der Waals surface area contributed by atoms with E-state index < -0.39 is 0 Å². The van der Waals surface area contributed by atoms with Crippen LogP contribution in [0, 0.1) is 0 Å². The molecule has 1 aromatic carbocycles. The van der Waals surface area contributed by atoms with E-state index >= 15 is 0 Å². The third-order valence-electron chi connectivity index (χ3n) is 2.55. The second-order valence-electron chi connectivity index (χ2n) is 3.64. The lowest BCUT2D eigenvalue weighted by Crippen LogP contribution is -2.00. The lowest BCUT2D eigenvalue weighted by Gasteiger charge is -2.01. The Morgan fingerprint density at radius 2 is 2.12 bits per heavy atom. The summed E-state index contributed by atoms with van der Waals surface area (Å²) in [6, 6.07) is 7.87. The smallest absolute Gasteiger partial charge is 0.170 e. The minimum atomic E-state index is 0.546. The van der Waals surface area contributed by atoms with Crippen molar-refractivity contribution >= 4 is 39.8 Å². The monoisotopic (exact) mass is 328 g/mol. The van der Waals surface area contributed by atoms with Crippen LogP contribution in [0.1, 0.15) is 23.3 Å². The Hall–Kier alpha value is -0.910. The van der Waals surface area contributed by atoms with Crippen molar-refractivity contribution in [2.45, 2.75) is 19.4 Å². The Morgan fingerprint density at radius 3 is 2.88 bits per heavy atom. The highest BCUT2D eigenvalue weighted by molar-refractivity contribution is 14.1. The van der Waals surface area contributed by atoms with Crippen LogP contribution in [0.15, 0.2) is 24.3 Å². The summed E-state index contributed by atoms with van der Waals surface area (Å²) in [5, 5.41) is 5.28. The Kier molecular flexibility index (Phi) is 3.93. The topological polar surface area (TPSA) is 34.9 Å². The van der Waals surface area contributed by atoms with Crippen molar-refractivity contribution in [2.24, 2.45) is 0 Å². The number of carbonyl (C=O) groups excluding carboxylic acids is 1.